The van der Waals surface area contributed by atoms with Gasteiger partial charge in [0.1, 0.15) is 6.04 Å². The molecule has 0 saturated carbocycles. The van der Waals surface area contributed by atoms with Gasteiger partial charge in [-0.3, -0.25) is 14.4 Å². The Balaban J connectivity index is 2.03. The number of carbonyl (C=O) groups excluding carboxylic acids is 3. The molecule has 1 aliphatic heterocycles. The molecule has 0 bridgehead atoms. The minimum atomic E-state index is -3.09. The second-order valence-corrected chi connectivity index (χ2v) is 5.68. The third-order valence-corrected chi connectivity index (χ3v) is 3.61. The van der Waals surface area contributed by atoms with Crippen molar-refractivity contribution in [3.05, 3.63) is 35.9 Å². The number of likely N-dealkylation sites (tertiary alicyclic amines) is 1. The van der Waals surface area contributed by atoms with Gasteiger partial charge in [0.15, 0.2) is 0 Å². The van der Waals surface area contributed by atoms with Gasteiger partial charge in [0.05, 0.1) is 6.54 Å². The Morgan fingerprint density at radius 1 is 1.30 bits per heavy atom. The summed E-state index contributed by atoms with van der Waals surface area (Å²) in [5.41, 5.74) is 0.834. The second kappa shape index (κ2) is 6.85. The first kappa shape index (κ1) is 17.1. The number of rotatable bonds is 6. The first-order chi connectivity index (χ1) is 10.8. The van der Waals surface area contributed by atoms with Crippen molar-refractivity contribution in [1.82, 2.24) is 10.2 Å². The summed E-state index contributed by atoms with van der Waals surface area (Å²) in [6.07, 6.45) is 0.390. The molecule has 0 unspecified atom stereocenters. The van der Waals surface area contributed by atoms with Gasteiger partial charge in [-0.15, -0.1) is 0 Å². The van der Waals surface area contributed by atoms with Crippen LogP contribution in [-0.4, -0.2) is 41.0 Å². The minimum Gasteiger partial charge on any atom is -0.343 e. The van der Waals surface area contributed by atoms with Gasteiger partial charge < -0.3 is 10.2 Å². The Morgan fingerprint density at radius 3 is 2.57 bits per heavy atom. The van der Waals surface area contributed by atoms with Crippen LogP contribution in [0.5, 0.6) is 0 Å². The maximum atomic E-state index is 12.8. The molecular formula is C16H18F2N2O3. The molecule has 0 radical (unpaired) electrons. The highest BCUT2D eigenvalue weighted by molar-refractivity contribution is 6.38. The fourth-order valence-corrected chi connectivity index (χ4v) is 2.46. The molecule has 124 valence electrons. The molecule has 7 heteroatoms. The number of Topliss-reactive ketones (excluding diaryl/α,β-unsaturated/α-hetero) is 1. The molecule has 2 amide bonds. The third kappa shape index (κ3) is 4.58. The molecule has 2 rings (SSSR count). The molecule has 5 nitrogen and oxygen atoms in total. The highest BCUT2D eigenvalue weighted by atomic mass is 19.3. The van der Waals surface area contributed by atoms with E-state index >= 15 is 0 Å². The Kier molecular flexibility index (Phi) is 5.08. The van der Waals surface area contributed by atoms with E-state index in [1.165, 1.54) is 4.90 Å². The SMILES string of the molecule is CC(F)(F)CNC(=O)C(=O)[C@H]1CCC(=O)N1Cc1ccccc1. The molecule has 1 saturated heterocycles. The first-order valence-corrected chi connectivity index (χ1v) is 7.31. The summed E-state index contributed by atoms with van der Waals surface area (Å²) < 4.78 is 25.5. The zero-order chi connectivity index (χ0) is 17.0. The lowest BCUT2D eigenvalue weighted by Crippen LogP contribution is -2.47. The second-order valence-electron chi connectivity index (χ2n) is 5.68. The average Bonchev–Trinajstić information content (AvgIpc) is 2.85. The van der Waals surface area contributed by atoms with E-state index in [2.05, 4.69) is 0 Å². The third-order valence-electron chi connectivity index (χ3n) is 3.61. The zero-order valence-electron chi connectivity index (χ0n) is 12.7. The lowest BCUT2D eigenvalue weighted by atomic mass is 10.1. The van der Waals surface area contributed by atoms with Gasteiger partial charge in [-0.2, -0.15) is 0 Å². The molecule has 0 aliphatic carbocycles. The van der Waals surface area contributed by atoms with Crippen LogP contribution in [0.15, 0.2) is 30.3 Å². The zero-order valence-corrected chi connectivity index (χ0v) is 12.7. The highest BCUT2D eigenvalue weighted by Gasteiger charge is 2.39. The molecular weight excluding hydrogens is 306 g/mol. The summed E-state index contributed by atoms with van der Waals surface area (Å²) >= 11 is 0. The van der Waals surface area contributed by atoms with Crippen LogP contribution < -0.4 is 5.32 Å². The lowest BCUT2D eigenvalue weighted by Gasteiger charge is -2.23. The smallest absolute Gasteiger partial charge is 0.289 e. The van der Waals surface area contributed by atoms with E-state index in [0.717, 1.165) is 5.56 Å². The van der Waals surface area contributed by atoms with E-state index in [1.54, 1.807) is 0 Å². The summed E-state index contributed by atoms with van der Waals surface area (Å²) in [4.78, 5) is 37.2. The van der Waals surface area contributed by atoms with Crippen LogP contribution in [0.3, 0.4) is 0 Å². The highest BCUT2D eigenvalue weighted by Crippen LogP contribution is 2.22. The predicted molar refractivity (Wildman–Crippen MR) is 78.7 cm³/mol. The lowest BCUT2D eigenvalue weighted by molar-refractivity contribution is -0.143. The first-order valence-electron chi connectivity index (χ1n) is 7.31. The predicted octanol–water partition coefficient (Wildman–Crippen LogP) is 1.52. The Bertz CT molecular complexity index is 599. The van der Waals surface area contributed by atoms with E-state index in [9.17, 15) is 23.2 Å². The molecule has 1 aromatic rings. The number of alkyl halides is 2. The van der Waals surface area contributed by atoms with Gasteiger partial charge in [0.2, 0.25) is 11.7 Å². The van der Waals surface area contributed by atoms with Gasteiger partial charge in [-0.1, -0.05) is 30.3 Å². The Morgan fingerprint density at radius 2 is 1.96 bits per heavy atom. The molecule has 1 aromatic carbocycles. The van der Waals surface area contributed by atoms with Gasteiger partial charge >= 0.3 is 0 Å². The standard InChI is InChI=1S/C16H18F2N2O3/c1-16(17,18)10-19-15(23)14(22)12-7-8-13(21)20(12)9-11-5-3-2-4-6-11/h2-6,12H,7-10H2,1H3,(H,19,23)/t12-/m1/s1. The van der Waals surface area contributed by atoms with Gasteiger partial charge in [0, 0.05) is 19.9 Å². The number of carbonyl (C=O) groups is 3. The number of hydrogen-bond acceptors (Lipinski definition) is 3. The monoisotopic (exact) mass is 324 g/mol. The molecule has 23 heavy (non-hydrogen) atoms. The maximum Gasteiger partial charge on any atom is 0.289 e. The van der Waals surface area contributed by atoms with Crippen molar-refractivity contribution in [3.8, 4) is 0 Å². The fourth-order valence-electron chi connectivity index (χ4n) is 2.46. The summed E-state index contributed by atoms with van der Waals surface area (Å²) in [5.74, 6) is -5.24. The van der Waals surface area contributed by atoms with Crippen LogP contribution in [-0.2, 0) is 20.9 Å². The molecule has 1 fully saturated rings. The summed E-state index contributed by atoms with van der Waals surface area (Å²) in [6.45, 7) is -0.0389. The summed E-state index contributed by atoms with van der Waals surface area (Å²) in [7, 11) is 0. The maximum absolute atomic E-state index is 12.8. The van der Waals surface area contributed by atoms with Crippen LogP contribution >= 0.6 is 0 Å². The van der Waals surface area contributed by atoms with Crippen LogP contribution in [0.25, 0.3) is 0 Å². The Hall–Kier alpha value is -2.31. The van der Waals surface area contributed by atoms with Crippen molar-refractivity contribution in [2.45, 2.75) is 38.3 Å². The topological polar surface area (TPSA) is 66.5 Å². The fraction of sp³-hybridized carbons (Fsp3) is 0.438. The van der Waals surface area contributed by atoms with Crippen LogP contribution in [0.1, 0.15) is 25.3 Å². The molecule has 1 N–H and O–H groups in total. The van der Waals surface area contributed by atoms with Crippen molar-refractivity contribution in [3.63, 3.8) is 0 Å². The van der Waals surface area contributed by atoms with Gasteiger partial charge in [0.25, 0.3) is 11.8 Å². The van der Waals surface area contributed by atoms with Crippen LogP contribution in [0.2, 0.25) is 0 Å². The van der Waals surface area contributed by atoms with Crippen molar-refractivity contribution in [1.29, 1.82) is 0 Å². The van der Waals surface area contributed by atoms with E-state index in [-0.39, 0.29) is 25.3 Å². The number of nitrogens with zero attached hydrogens (tertiary/aromatic N) is 1. The quantitative estimate of drug-likeness (QED) is 0.807. The van der Waals surface area contributed by atoms with Gasteiger partial charge in [-0.25, -0.2) is 8.78 Å². The normalized spacial score (nSPS) is 18.1. The van der Waals surface area contributed by atoms with Crippen LogP contribution in [0.4, 0.5) is 8.78 Å². The van der Waals surface area contributed by atoms with E-state index in [1.807, 2.05) is 35.6 Å². The number of amides is 2. The molecule has 1 aliphatic rings. The number of benzene rings is 1. The summed E-state index contributed by atoms with van der Waals surface area (Å²) in [6, 6.07) is 8.17. The average molecular weight is 324 g/mol. The number of halogens is 2. The van der Waals surface area contributed by atoms with Crippen molar-refractivity contribution >= 4 is 17.6 Å². The number of nitrogens with one attached hydrogen (secondary N) is 1. The van der Waals surface area contributed by atoms with E-state index < -0.39 is 30.2 Å². The van der Waals surface area contributed by atoms with Gasteiger partial charge in [-0.05, 0) is 12.0 Å². The van der Waals surface area contributed by atoms with Crippen molar-refractivity contribution < 1.29 is 23.2 Å². The van der Waals surface area contributed by atoms with E-state index in [4.69, 9.17) is 0 Å². The largest absolute Gasteiger partial charge is 0.343 e. The molecule has 0 spiro atoms. The minimum absolute atomic E-state index is 0.167. The van der Waals surface area contributed by atoms with Crippen molar-refractivity contribution in [2.75, 3.05) is 6.54 Å². The number of hydrogen-bond donors (Lipinski definition) is 1. The molecule has 0 aromatic heterocycles. The van der Waals surface area contributed by atoms with Crippen molar-refractivity contribution in [2.24, 2.45) is 0 Å². The van der Waals surface area contributed by atoms with E-state index in [0.29, 0.717) is 6.92 Å². The molecule has 1 atom stereocenters. The Labute approximate surface area is 132 Å². The van der Waals surface area contributed by atoms with Crippen LogP contribution in [0, 0.1) is 0 Å². The molecule has 1 heterocycles. The number of ketones is 1. The summed E-state index contributed by atoms with van der Waals surface area (Å²) in [5, 5.41) is 1.92.